The SMILES string of the molecule is COC(=O)/C=C/C1=C(C)CCCC1. The first-order chi connectivity index (χ1) is 6.24. The van der Waals surface area contributed by atoms with Crippen LogP contribution in [0.1, 0.15) is 32.6 Å². The Hall–Kier alpha value is -1.05. The molecule has 0 atom stereocenters. The van der Waals surface area contributed by atoms with Crippen molar-refractivity contribution in [2.24, 2.45) is 0 Å². The van der Waals surface area contributed by atoms with Crippen LogP contribution < -0.4 is 0 Å². The highest BCUT2D eigenvalue weighted by Crippen LogP contribution is 2.24. The Bertz CT molecular complexity index is 249. The van der Waals surface area contributed by atoms with E-state index in [2.05, 4.69) is 11.7 Å². The van der Waals surface area contributed by atoms with Gasteiger partial charge in [0.1, 0.15) is 0 Å². The number of carbonyl (C=O) groups is 1. The third-order valence-electron chi connectivity index (χ3n) is 2.42. The minimum Gasteiger partial charge on any atom is -0.466 e. The second kappa shape index (κ2) is 4.85. The molecule has 1 rings (SSSR count). The van der Waals surface area contributed by atoms with Crippen LogP contribution in [0.4, 0.5) is 0 Å². The topological polar surface area (TPSA) is 26.3 Å². The summed E-state index contributed by atoms with van der Waals surface area (Å²) in [5, 5.41) is 0. The fraction of sp³-hybridized carbons (Fsp3) is 0.545. The Labute approximate surface area is 79.3 Å². The molecule has 72 valence electrons. The van der Waals surface area contributed by atoms with Crippen molar-refractivity contribution in [3.63, 3.8) is 0 Å². The standard InChI is InChI=1S/C11H16O2/c1-9-5-3-4-6-10(9)7-8-11(12)13-2/h7-8H,3-6H2,1-2H3/b8-7+. The Kier molecular flexibility index (Phi) is 3.74. The number of hydrogen-bond donors (Lipinski definition) is 0. The van der Waals surface area contributed by atoms with Crippen LogP contribution in [0.5, 0.6) is 0 Å². The largest absolute Gasteiger partial charge is 0.466 e. The molecular formula is C11H16O2. The zero-order valence-corrected chi connectivity index (χ0v) is 8.30. The van der Waals surface area contributed by atoms with Crippen LogP contribution in [0.2, 0.25) is 0 Å². The third kappa shape index (κ3) is 3.05. The van der Waals surface area contributed by atoms with Gasteiger partial charge in [0.05, 0.1) is 7.11 Å². The van der Waals surface area contributed by atoms with Crippen molar-refractivity contribution in [3.05, 3.63) is 23.3 Å². The first-order valence-corrected chi connectivity index (χ1v) is 4.68. The summed E-state index contributed by atoms with van der Waals surface area (Å²) in [6, 6.07) is 0. The quantitative estimate of drug-likeness (QED) is 0.482. The van der Waals surface area contributed by atoms with Crippen LogP contribution in [0.15, 0.2) is 23.3 Å². The zero-order chi connectivity index (χ0) is 9.68. The van der Waals surface area contributed by atoms with Gasteiger partial charge in [-0.3, -0.25) is 0 Å². The van der Waals surface area contributed by atoms with E-state index < -0.39 is 0 Å². The first-order valence-electron chi connectivity index (χ1n) is 4.68. The van der Waals surface area contributed by atoms with Crippen molar-refractivity contribution in [3.8, 4) is 0 Å². The summed E-state index contributed by atoms with van der Waals surface area (Å²) in [7, 11) is 1.40. The van der Waals surface area contributed by atoms with Crippen LogP contribution in [-0.2, 0) is 9.53 Å². The van der Waals surface area contributed by atoms with Gasteiger partial charge in [-0.15, -0.1) is 0 Å². The molecule has 0 spiro atoms. The van der Waals surface area contributed by atoms with Gasteiger partial charge < -0.3 is 4.74 Å². The number of rotatable bonds is 2. The van der Waals surface area contributed by atoms with E-state index in [1.165, 1.54) is 43.6 Å². The molecule has 0 saturated heterocycles. The fourth-order valence-corrected chi connectivity index (χ4v) is 1.54. The maximum absolute atomic E-state index is 10.8. The Morgan fingerprint density at radius 2 is 2.08 bits per heavy atom. The van der Waals surface area contributed by atoms with Crippen LogP contribution in [0.3, 0.4) is 0 Å². The molecule has 0 N–H and O–H groups in total. The molecule has 0 unspecified atom stereocenters. The molecule has 0 saturated carbocycles. The van der Waals surface area contributed by atoms with E-state index in [1.807, 2.05) is 6.08 Å². The van der Waals surface area contributed by atoms with Crippen LogP contribution in [0.25, 0.3) is 0 Å². The summed E-state index contributed by atoms with van der Waals surface area (Å²) < 4.78 is 4.53. The highest BCUT2D eigenvalue weighted by molar-refractivity contribution is 5.82. The van der Waals surface area contributed by atoms with Gasteiger partial charge in [0.2, 0.25) is 0 Å². The third-order valence-corrected chi connectivity index (χ3v) is 2.42. The summed E-state index contributed by atoms with van der Waals surface area (Å²) in [4.78, 5) is 10.8. The van der Waals surface area contributed by atoms with Crippen LogP contribution in [0, 0.1) is 0 Å². The van der Waals surface area contributed by atoms with Crippen molar-refractivity contribution < 1.29 is 9.53 Å². The molecule has 1 aliphatic carbocycles. The molecule has 2 heteroatoms. The highest BCUT2D eigenvalue weighted by Gasteiger charge is 2.06. The number of carbonyl (C=O) groups excluding carboxylic acids is 1. The van der Waals surface area contributed by atoms with Gasteiger partial charge in [-0.1, -0.05) is 11.6 Å². The molecule has 1 aliphatic rings. The number of methoxy groups -OCH3 is 1. The molecule has 2 nitrogen and oxygen atoms in total. The maximum atomic E-state index is 10.8. The molecule has 13 heavy (non-hydrogen) atoms. The second-order valence-electron chi connectivity index (χ2n) is 3.37. The lowest BCUT2D eigenvalue weighted by Gasteiger charge is -2.14. The normalized spacial score (nSPS) is 18.0. The first kappa shape index (κ1) is 10.0. The predicted octanol–water partition coefficient (Wildman–Crippen LogP) is 2.61. The van der Waals surface area contributed by atoms with Gasteiger partial charge in [-0.05, 0) is 38.2 Å². The van der Waals surface area contributed by atoms with Gasteiger partial charge in [0, 0.05) is 6.08 Å². The lowest BCUT2D eigenvalue weighted by Crippen LogP contribution is -1.98. The molecule has 0 amide bonds. The predicted molar refractivity (Wildman–Crippen MR) is 52.3 cm³/mol. The summed E-state index contributed by atoms with van der Waals surface area (Å²) in [5.41, 5.74) is 2.71. The molecular weight excluding hydrogens is 164 g/mol. The van der Waals surface area contributed by atoms with Gasteiger partial charge in [-0.25, -0.2) is 4.79 Å². The monoisotopic (exact) mass is 180 g/mol. The number of allylic oxidation sites excluding steroid dienone is 3. The van der Waals surface area contributed by atoms with E-state index in [1.54, 1.807) is 0 Å². The number of esters is 1. The highest BCUT2D eigenvalue weighted by atomic mass is 16.5. The Morgan fingerprint density at radius 1 is 1.38 bits per heavy atom. The van der Waals surface area contributed by atoms with Gasteiger partial charge in [0.15, 0.2) is 0 Å². The van der Waals surface area contributed by atoms with Gasteiger partial charge >= 0.3 is 5.97 Å². The molecule has 0 aromatic carbocycles. The van der Waals surface area contributed by atoms with Crippen molar-refractivity contribution in [1.82, 2.24) is 0 Å². The summed E-state index contributed by atoms with van der Waals surface area (Å²) >= 11 is 0. The average molecular weight is 180 g/mol. The lowest BCUT2D eigenvalue weighted by molar-refractivity contribution is -0.134. The van der Waals surface area contributed by atoms with Gasteiger partial charge in [0.25, 0.3) is 0 Å². The minimum atomic E-state index is -0.272. The molecule has 0 aromatic rings. The van der Waals surface area contributed by atoms with E-state index in [9.17, 15) is 4.79 Å². The van der Waals surface area contributed by atoms with E-state index in [0.29, 0.717) is 0 Å². The lowest BCUT2D eigenvalue weighted by atomic mass is 9.92. The fourth-order valence-electron chi connectivity index (χ4n) is 1.54. The Balaban J connectivity index is 2.61. The smallest absolute Gasteiger partial charge is 0.330 e. The summed E-state index contributed by atoms with van der Waals surface area (Å²) in [6.45, 7) is 2.14. The summed E-state index contributed by atoms with van der Waals surface area (Å²) in [6.07, 6.45) is 8.17. The maximum Gasteiger partial charge on any atom is 0.330 e. The molecule has 0 fully saturated rings. The van der Waals surface area contributed by atoms with E-state index in [-0.39, 0.29) is 5.97 Å². The number of ether oxygens (including phenoxy) is 1. The van der Waals surface area contributed by atoms with E-state index in [0.717, 1.165) is 6.42 Å². The van der Waals surface area contributed by atoms with Crippen LogP contribution in [-0.4, -0.2) is 13.1 Å². The van der Waals surface area contributed by atoms with E-state index in [4.69, 9.17) is 0 Å². The molecule has 0 radical (unpaired) electrons. The van der Waals surface area contributed by atoms with Gasteiger partial charge in [-0.2, -0.15) is 0 Å². The van der Waals surface area contributed by atoms with Crippen molar-refractivity contribution in [2.75, 3.05) is 7.11 Å². The molecule has 0 heterocycles. The minimum absolute atomic E-state index is 0.272. The van der Waals surface area contributed by atoms with Crippen molar-refractivity contribution in [2.45, 2.75) is 32.6 Å². The molecule has 0 aromatic heterocycles. The van der Waals surface area contributed by atoms with Crippen LogP contribution >= 0.6 is 0 Å². The second-order valence-corrected chi connectivity index (χ2v) is 3.37. The summed E-state index contributed by atoms with van der Waals surface area (Å²) in [5.74, 6) is -0.272. The Morgan fingerprint density at radius 3 is 2.69 bits per heavy atom. The van der Waals surface area contributed by atoms with Crippen molar-refractivity contribution >= 4 is 5.97 Å². The molecule has 0 aliphatic heterocycles. The molecule has 0 bridgehead atoms. The number of hydrogen-bond acceptors (Lipinski definition) is 2. The zero-order valence-electron chi connectivity index (χ0n) is 8.30. The van der Waals surface area contributed by atoms with Crippen molar-refractivity contribution in [1.29, 1.82) is 0 Å². The average Bonchev–Trinajstić information content (AvgIpc) is 2.16. The van der Waals surface area contributed by atoms with E-state index >= 15 is 0 Å².